The highest BCUT2D eigenvalue weighted by molar-refractivity contribution is 5.79. The number of aliphatic imine (C=N–C) groups is 1. The van der Waals surface area contributed by atoms with Gasteiger partial charge in [-0.25, -0.2) is 0 Å². The maximum atomic E-state index is 5.45. The average Bonchev–Trinajstić information content (AvgIpc) is 2.66. The van der Waals surface area contributed by atoms with Crippen molar-refractivity contribution in [2.24, 2.45) is 10.9 Å². The van der Waals surface area contributed by atoms with E-state index < -0.39 is 0 Å². The lowest BCUT2D eigenvalue weighted by Crippen LogP contribution is -2.39. The molecule has 26 heavy (non-hydrogen) atoms. The molecule has 0 unspecified atom stereocenters. The molecule has 0 amide bonds. The van der Waals surface area contributed by atoms with Gasteiger partial charge in [-0.2, -0.15) is 0 Å². The van der Waals surface area contributed by atoms with E-state index in [9.17, 15) is 0 Å². The second-order valence-electron chi connectivity index (χ2n) is 7.37. The van der Waals surface area contributed by atoms with E-state index in [0.717, 1.165) is 30.7 Å². The highest BCUT2D eigenvalue weighted by Crippen LogP contribution is 2.19. The molecule has 0 saturated carbocycles. The number of hydrogen-bond donors (Lipinski definition) is 1. The zero-order valence-electron chi connectivity index (χ0n) is 17.0. The standard InChI is InChI=1S/C21H36N4O/c1-18-11-15-25(16-12-18)14-8-7-13-23-21(22-2)24(3)17-19-9-5-6-10-20(19)26-4/h5-6,9-10,18H,7-8,11-17H2,1-4H3,(H,22,23). The lowest BCUT2D eigenvalue weighted by molar-refractivity contribution is 0.189. The summed E-state index contributed by atoms with van der Waals surface area (Å²) >= 11 is 0. The maximum Gasteiger partial charge on any atom is 0.193 e. The van der Waals surface area contributed by atoms with Crippen LogP contribution >= 0.6 is 0 Å². The molecule has 0 radical (unpaired) electrons. The van der Waals surface area contributed by atoms with E-state index in [1.807, 2.05) is 25.2 Å². The molecule has 1 N–H and O–H groups in total. The Balaban J connectivity index is 1.68. The first-order valence-corrected chi connectivity index (χ1v) is 9.90. The van der Waals surface area contributed by atoms with Crippen LogP contribution in [0.5, 0.6) is 5.75 Å². The highest BCUT2D eigenvalue weighted by Gasteiger charge is 2.15. The quantitative estimate of drug-likeness (QED) is 0.439. The van der Waals surface area contributed by atoms with Crippen molar-refractivity contribution in [1.82, 2.24) is 15.1 Å². The number of ether oxygens (including phenoxy) is 1. The minimum Gasteiger partial charge on any atom is -0.496 e. The summed E-state index contributed by atoms with van der Waals surface area (Å²) in [5.74, 6) is 2.77. The number of nitrogens with zero attached hydrogens (tertiary/aromatic N) is 3. The summed E-state index contributed by atoms with van der Waals surface area (Å²) in [7, 11) is 5.63. The van der Waals surface area contributed by atoms with E-state index in [1.165, 1.54) is 50.9 Å². The van der Waals surface area contributed by atoms with Crippen LogP contribution in [0, 0.1) is 5.92 Å². The van der Waals surface area contributed by atoms with Crippen molar-refractivity contribution < 1.29 is 4.74 Å². The molecule has 1 heterocycles. The van der Waals surface area contributed by atoms with Crippen LogP contribution in [0.15, 0.2) is 29.3 Å². The van der Waals surface area contributed by atoms with Crippen LogP contribution < -0.4 is 10.1 Å². The molecule has 1 aliphatic rings. The number of unbranched alkanes of at least 4 members (excludes halogenated alkanes) is 1. The van der Waals surface area contributed by atoms with E-state index >= 15 is 0 Å². The van der Waals surface area contributed by atoms with Gasteiger partial charge in [-0.15, -0.1) is 0 Å². The SMILES string of the molecule is CN=C(NCCCCN1CCC(C)CC1)N(C)Cc1ccccc1OC. The second kappa shape index (κ2) is 11.1. The van der Waals surface area contributed by atoms with Crippen LogP contribution in [-0.2, 0) is 6.54 Å². The van der Waals surface area contributed by atoms with Crippen molar-refractivity contribution >= 4 is 5.96 Å². The van der Waals surface area contributed by atoms with Crippen LogP contribution in [0.3, 0.4) is 0 Å². The zero-order chi connectivity index (χ0) is 18.8. The van der Waals surface area contributed by atoms with Gasteiger partial charge in [0, 0.05) is 32.7 Å². The Morgan fingerprint density at radius 3 is 2.69 bits per heavy atom. The van der Waals surface area contributed by atoms with Gasteiger partial charge in [0.2, 0.25) is 0 Å². The van der Waals surface area contributed by atoms with Crippen molar-refractivity contribution in [3.8, 4) is 5.75 Å². The van der Waals surface area contributed by atoms with Gasteiger partial charge in [0.15, 0.2) is 5.96 Å². The molecular formula is C21H36N4O. The lowest BCUT2D eigenvalue weighted by atomic mass is 9.99. The van der Waals surface area contributed by atoms with Crippen molar-refractivity contribution in [3.05, 3.63) is 29.8 Å². The minimum atomic E-state index is 0.773. The smallest absolute Gasteiger partial charge is 0.193 e. The molecule has 2 rings (SSSR count). The van der Waals surface area contributed by atoms with Crippen LogP contribution in [-0.4, -0.2) is 63.1 Å². The lowest BCUT2D eigenvalue weighted by Gasteiger charge is -2.30. The molecule has 0 aromatic heterocycles. The Kier molecular flexibility index (Phi) is 8.75. The van der Waals surface area contributed by atoms with Gasteiger partial charge in [0.1, 0.15) is 5.75 Å². The predicted molar refractivity (Wildman–Crippen MR) is 110 cm³/mol. The van der Waals surface area contributed by atoms with E-state index in [0.29, 0.717) is 0 Å². The summed E-state index contributed by atoms with van der Waals surface area (Å²) in [5, 5.41) is 3.49. The van der Waals surface area contributed by atoms with Crippen molar-refractivity contribution in [2.45, 2.75) is 39.2 Å². The molecule has 5 nitrogen and oxygen atoms in total. The Morgan fingerprint density at radius 1 is 1.27 bits per heavy atom. The number of guanidine groups is 1. The number of nitrogens with one attached hydrogen (secondary N) is 1. The number of para-hydroxylation sites is 1. The molecular weight excluding hydrogens is 324 g/mol. The van der Waals surface area contributed by atoms with Gasteiger partial charge in [-0.05, 0) is 57.3 Å². The molecule has 5 heteroatoms. The third-order valence-corrected chi connectivity index (χ3v) is 5.23. The predicted octanol–water partition coefficient (Wildman–Crippen LogP) is 3.21. The molecule has 146 valence electrons. The minimum absolute atomic E-state index is 0.773. The topological polar surface area (TPSA) is 40.1 Å². The van der Waals surface area contributed by atoms with Crippen LogP contribution in [0.2, 0.25) is 0 Å². The summed E-state index contributed by atoms with van der Waals surface area (Å²) in [6.07, 6.45) is 5.14. The Morgan fingerprint density at radius 2 is 2.00 bits per heavy atom. The van der Waals surface area contributed by atoms with Gasteiger partial charge in [0.25, 0.3) is 0 Å². The number of benzene rings is 1. The van der Waals surface area contributed by atoms with Gasteiger partial charge < -0.3 is 19.9 Å². The highest BCUT2D eigenvalue weighted by atomic mass is 16.5. The number of hydrogen-bond acceptors (Lipinski definition) is 3. The second-order valence-corrected chi connectivity index (χ2v) is 7.37. The molecule has 0 aliphatic carbocycles. The molecule has 1 saturated heterocycles. The summed E-state index contributed by atoms with van der Waals surface area (Å²) in [4.78, 5) is 9.17. The molecule has 1 fully saturated rings. The molecule has 1 aromatic carbocycles. The van der Waals surface area contributed by atoms with E-state index in [1.54, 1.807) is 7.11 Å². The van der Waals surface area contributed by atoms with Crippen molar-refractivity contribution in [1.29, 1.82) is 0 Å². The fourth-order valence-corrected chi connectivity index (χ4v) is 3.49. The number of methoxy groups -OCH3 is 1. The van der Waals surface area contributed by atoms with Gasteiger partial charge >= 0.3 is 0 Å². The number of likely N-dealkylation sites (tertiary alicyclic amines) is 1. The van der Waals surface area contributed by atoms with Crippen molar-refractivity contribution in [2.75, 3.05) is 47.4 Å². The first kappa shape index (κ1) is 20.6. The van der Waals surface area contributed by atoms with E-state index in [4.69, 9.17) is 4.74 Å². The van der Waals surface area contributed by atoms with Crippen molar-refractivity contribution in [3.63, 3.8) is 0 Å². The summed E-state index contributed by atoms with van der Waals surface area (Å²) in [6.45, 7) is 7.89. The first-order valence-electron chi connectivity index (χ1n) is 9.90. The Labute approximate surface area is 159 Å². The van der Waals surface area contributed by atoms with E-state index in [-0.39, 0.29) is 0 Å². The summed E-state index contributed by atoms with van der Waals surface area (Å²) in [6, 6.07) is 8.14. The van der Waals surface area contributed by atoms with Crippen LogP contribution in [0.25, 0.3) is 0 Å². The fourth-order valence-electron chi connectivity index (χ4n) is 3.49. The molecule has 0 spiro atoms. The number of piperidine rings is 1. The van der Waals surface area contributed by atoms with E-state index in [2.05, 4.69) is 40.1 Å². The average molecular weight is 361 g/mol. The van der Waals surface area contributed by atoms with Crippen LogP contribution in [0.4, 0.5) is 0 Å². The third-order valence-electron chi connectivity index (χ3n) is 5.23. The monoisotopic (exact) mass is 360 g/mol. The Hall–Kier alpha value is -1.75. The Bertz CT molecular complexity index is 553. The van der Waals surface area contributed by atoms with Gasteiger partial charge in [0.05, 0.1) is 7.11 Å². The summed E-state index contributed by atoms with van der Waals surface area (Å²) < 4.78 is 5.45. The third kappa shape index (κ3) is 6.52. The molecule has 0 bridgehead atoms. The fraction of sp³-hybridized carbons (Fsp3) is 0.667. The van der Waals surface area contributed by atoms with Crippen LogP contribution in [0.1, 0.15) is 38.2 Å². The number of rotatable bonds is 8. The first-order chi connectivity index (χ1) is 12.6. The largest absolute Gasteiger partial charge is 0.496 e. The van der Waals surface area contributed by atoms with Gasteiger partial charge in [-0.3, -0.25) is 4.99 Å². The molecule has 0 atom stereocenters. The maximum absolute atomic E-state index is 5.45. The normalized spacial score (nSPS) is 16.5. The molecule has 1 aromatic rings. The summed E-state index contributed by atoms with van der Waals surface area (Å²) in [5.41, 5.74) is 1.17. The molecule has 1 aliphatic heterocycles. The zero-order valence-corrected chi connectivity index (χ0v) is 17.0. The van der Waals surface area contributed by atoms with Gasteiger partial charge in [-0.1, -0.05) is 25.1 Å².